The van der Waals surface area contributed by atoms with Crippen molar-refractivity contribution in [2.45, 2.75) is 19.9 Å². The number of imidazole rings is 1. The van der Waals surface area contributed by atoms with Gasteiger partial charge < -0.3 is 15.0 Å². The van der Waals surface area contributed by atoms with Crippen molar-refractivity contribution in [1.29, 1.82) is 0 Å². The van der Waals surface area contributed by atoms with Crippen LogP contribution < -0.4 is 10.3 Å². The molecule has 2 N–H and O–H groups in total. The molecule has 7 nitrogen and oxygen atoms in total. The van der Waals surface area contributed by atoms with Crippen LogP contribution in [0.15, 0.2) is 78.6 Å². The molecule has 0 spiro atoms. The number of nitrogens with one attached hydrogen (secondary N) is 1. The quantitative estimate of drug-likeness (QED) is 0.248. The van der Waals surface area contributed by atoms with Gasteiger partial charge in [-0.3, -0.25) is 4.79 Å². The first-order valence-electron chi connectivity index (χ1n) is 10.2. The standard InChI is InChI=1S/C25H25N5O2/c1-3-14-30(26-2)24-11-10-22(25(32)28-12-5-15-29-16-13-27-19-29)18-21(24)9-8-20-6-4-7-23(31)17-20/h3-4,6-7,10-11,13-14,16-19,31H,2,5,12,15H2,1H3,(H,28,32)/b14-3-. The average molecular weight is 428 g/mol. The maximum Gasteiger partial charge on any atom is 0.251 e. The minimum atomic E-state index is -0.174. The van der Waals surface area contributed by atoms with Crippen LogP contribution in [0.5, 0.6) is 5.75 Å². The van der Waals surface area contributed by atoms with Crippen LogP contribution in [0.1, 0.15) is 34.8 Å². The Morgan fingerprint density at radius 3 is 2.91 bits per heavy atom. The summed E-state index contributed by atoms with van der Waals surface area (Å²) in [6, 6.07) is 12.0. The van der Waals surface area contributed by atoms with Crippen molar-refractivity contribution in [1.82, 2.24) is 14.9 Å². The fourth-order valence-corrected chi connectivity index (χ4v) is 3.03. The van der Waals surface area contributed by atoms with Crippen molar-refractivity contribution in [3.05, 3.63) is 90.2 Å². The SMILES string of the molecule is C=NN(/C=C\C)c1ccc(C(=O)NCCCn2ccnc2)cc1C#Cc1cccc(O)c1. The van der Waals surface area contributed by atoms with E-state index in [0.717, 1.165) is 13.0 Å². The predicted molar refractivity (Wildman–Crippen MR) is 127 cm³/mol. The van der Waals surface area contributed by atoms with Gasteiger partial charge in [-0.05, 0) is 49.7 Å². The number of carbonyl (C=O) groups is 1. The van der Waals surface area contributed by atoms with Crippen LogP contribution in [-0.4, -0.2) is 33.8 Å². The van der Waals surface area contributed by atoms with Crippen molar-refractivity contribution in [2.75, 3.05) is 11.6 Å². The van der Waals surface area contributed by atoms with Crippen LogP contribution in [0.4, 0.5) is 5.69 Å². The van der Waals surface area contributed by atoms with Crippen molar-refractivity contribution >= 4 is 18.3 Å². The van der Waals surface area contributed by atoms with Gasteiger partial charge in [0.25, 0.3) is 5.91 Å². The van der Waals surface area contributed by atoms with Crippen LogP contribution in [0, 0.1) is 11.8 Å². The van der Waals surface area contributed by atoms with E-state index < -0.39 is 0 Å². The minimum Gasteiger partial charge on any atom is -0.508 e. The maximum absolute atomic E-state index is 12.7. The second kappa shape index (κ2) is 11.2. The fourth-order valence-electron chi connectivity index (χ4n) is 3.03. The number of aromatic hydroxyl groups is 1. The second-order valence-corrected chi connectivity index (χ2v) is 6.91. The number of aromatic nitrogens is 2. The van der Waals surface area contributed by atoms with Gasteiger partial charge >= 0.3 is 0 Å². The summed E-state index contributed by atoms with van der Waals surface area (Å²) in [5.41, 5.74) is 2.47. The molecule has 2 aromatic carbocycles. The zero-order chi connectivity index (χ0) is 22.8. The molecule has 0 radical (unpaired) electrons. The predicted octanol–water partition coefficient (Wildman–Crippen LogP) is 3.76. The third kappa shape index (κ3) is 6.09. The molecule has 3 aromatic rings. The molecule has 1 heterocycles. The number of allylic oxidation sites excluding steroid dienone is 1. The van der Waals surface area contributed by atoms with E-state index in [1.807, 2.05) is 23.8 Å². The summed E-state index contributed by atoms with van der Waals surface area (Å²) in [7, 11) is 0. The van der Waals surface area contributed by atoms with E-state index in [2.05, 4.69) is 34.0 Å². The molecule has 0 bridgehead atoms. The van der Waals surface area contributed by atoms with E-state index in [1.54, 1.807) is 66.2 Å². The molecule has 0 aliphatic heterocycles. The van der Waals surface area contributed by atoms with Gasteiger partial charge in [0.15, 0.2) is 0 Å². The largest absolute Gasteiger partial charge is 0.508 e. The minimum absolute atomic E-state index is 0.143. The van der Waals surface area contributed by atoms with E-state index in [-0.39, 0.29) is 11.7 Å². The molecule has 1 aromatic heterocycles. The van der Waals surface area contributed by atoms with Gasteiger partial charge in [0, 0.05) is 49.5 Å². The van der Waals surface area contributed by atoms with Gasteiger partial charge in [-0.2, -0.15) is 5.10 Å². The third-order valence-corrected chi connectivity index (χ3v) is 4.57. The summed E-state index contributed by atoms with van der Waals surface area (Å²) in [6.07, 6.45) is 9.76. The molecule has 162 valence electrons. The second-order valence-electron chi connectivity index (χ2n) is 6.91. The van der Waals surface area contributed by atoms with Crippen LogP contribution in [-0.2, 0) is 6.54 Å². The molecule has 0 aliphatic carbocycles. The van der Waals surface area contributed by atoms with Crippen LogP contribution in [0.2, 0.25) is 0 Å². The maximum atomic E-state index is 12.7. The number of aryl methyl sites for hydroxylation is 1. The molecule has 0 atom stereocenters. The average Bonchev–Trinajstić information content (AvgIpc) is 3.32. The molecule has 0 unspecified atom stereocenters. The third-order valence-electron chi connectivity index (χ3n) is 4.57. The Hall–Kier alpha value is -4.31. The molecule has 3 rings (SSSR count). The molecule has 32 heavy (non-hydrogen) atoms. The number of phenols is 1. The zero-order valence-corrected chi connectivity index (χ0v) is 17.9. The molecule has 0 saturated heterocycles. The first-order chi connectivity index (χ1) is 15.6. The summed E-state index contributed by atoms with van der Waals surface area (Å²) in [4.78, 5) is 16.7. The molecule has 0 fully saturated rings. The summed E-state index contributed by atoms with van der Waals surface area (Å²) in [5.74, 6) is 6.10. The Labute approximate surface area is 187 Å². The monoisotopic (exact) mass is 427 g/mol. The van der Waals surface area contributed by atoms with Gasteiger partial charge in [-0.15, -0.1) is 0 Å². The summed E-state index contributed by atoms with van der Waals surface area (Å²) in [5, 5.41) is 18.2. The Balaban J connectivity index is 1.81. The Kier molecular flexibility index (Phi) is 7.82. The highest BCUT2D eigenvalue weighted by Gasteiger charge is 2.12. The molecule has 7 heteroatoms. The van der Waals surface area contributed by atoms with Crippen LogP contribution >= 0.6 is 0 Å². The van der Waals surface area contributed by atoms with Gasteiger partial charge in [-0.25, -0.2) is 9.99 Å². The van der Waals surface area contributed by atoms with E-state index in [1.165, 1.54) is 0 Å². The van der Waals surface area contributed by atoms with Crippen LogP contribution in [0.25, 0.3) is 0 Å². The molecule has 0 aliphatic rings. The van der Waals surface area contributed by atoms with Crippen molar-refractivity contribution < 1.29 is 9.90 Å². The van der Waals surface area contributed by atoms with Crippen molar-refractivity contribution in [2.24, 2.45) is 5.10 Å². The number of nitrogens with zero attached hydrogens (tertiary/aromatic N) is 4. The van der Waals surface area contributed by atoms with Crippen molar-refractivity contribution in [3.8, 4) is 17.6 Å². The lowest BCUT2D eigenvalue weighted by molar-refractivity contribution is 0.0952. The molecular weight excluding hydrogens is 402 g/mol. The van der Waals surface area contributed by atoms with E-state index in [9.17, 15) is 9.90 Å². The number of phenolic OH excluding ortho intramolecular Hbond substituents is 1. The number of amides is 1. The Morgan fingerprint density at radius 2 is 2.19 bits per heavy atom. The number of hydrazone groups is 1. The highest BCUT2D eigenvalue weighted by molar-refractivity contribution is 5.95. The van der Waals surface area contributed by atoms with Gasteiger partial charge in [-0.1, -0.05) is 24.0 Å². The Morgan fingerprint density at radius 1 is 1.31 bits per heavy atom. The van der Waals surface area contributed by atoms with E-state index in [0.29, 0.717) is 28.9 Å². The van der Waals surface area contributed by atoms with Gasteiger partial charge in [0.1, 0.15) is 5.75 Å². The van der Waals surface area contributed by atoms with E-state index in [4.69, 9.17) is 0 Å². The zero-order valence-electron chi connectivity index (χ0n) is 17.9. The molecule has 1 amide bonds. The number of rotatable bonds is 8. The highest BCUT2D eigenvalue weighted by Crippen LogP contribution is 2.23. The van der Waals surface area contributed by atoms with Gasteiger partial charge in [0.2, 0.25) is 0 Å². The van der Waals surface area contributed by atoms with Crippen LogP contribution in [0.3, 0.4) is 0 Å². The first kappa shape index (κ1) is 22.4. The number of carbonyl (C=O) groups excluding carboxylic acids is 1. The number of anilines is 1. The fraction of sp³-hybridized carbons (Fsp3) is 0.160. The first-order valence-corrected chi connectivity index (χ1v) is 10.2. The molecule has 0 saturated carbocycles. The number of hydrogen-bond donors (Lipinski definition) is 2. The number of hydrogen-bond acceptors (Lipinski definition) is 5. The van der Waals surface area contributed by atoms with Crippen molar-refractivity contribution in [3.63, 3.8) is 0 Å². The topological polar surface area (TPSA) is 82.8 Å². The lowest BCUT2D eigenvalue weighted by Crippen LogP contribution is -2.25. The van der Waals surface area contributed by atoms with E-state index >= 15 is 0 Å². The number of benzene rings is 2. The smallest absolute Gasteiger partial charge is 0.251 e. The highest BCUT2D eigenvalue weighted by atomic mass is 16.3. The lowest BCUT2D eigenvalue weighted by Gasteiger charge is -2.16. The summed E-state index contributed by atoms with van der Waals surface area (Å²) in [6.45, 7) is 6.81. The lowest BCUT2D eigenvalue weighted by atomic mass is 10.1. The summed E-state index contributed by atoms with van der Waals surface area (Å²) < 4.78 is 1.97. The molecular formula is C25H25N5O2. The Bertz CT molecular complexity index is 1160. The normalized spacial score (nSPS) is 10.4. The van der Waals surface area contributed by atoms with Gasteiger partial charge in [0.05, 0.1) is 17.6 Å². The summed E-state index contributed by atoms with van der Waals surface area (Å²) >= 11 is 0.